The zero-order valence-electron chi connectivity index (χ0n) is 13.5. The van der Waals surface area contributed by atoms with Gasteiger partial charge in [-0.15, -0.1) is 0 Å². The molecule has 0 aliphatic carbocycles. The number of hydrogen-bond acceptors (Lipinski definition) is 3. The van der Waals surface area contributed by atoms with E-state index in [1.54, 1.807) is 6.92 Å². The smallest absolute Gasteiger partial charge is 0.408 e. The maximum atomic E-state index is 12.0. The van der Waals surface area contributed by atoms with Crippen LogP contribution in [0.3, 0.4) is 0 Å². The lowest BCUT2D eigenvalue weighted by molar-refractivity contribution is -0.123. The summed E-state index contributed by atoms with van der Waals surface area (Å²) in [5.41, 5.74) is 1.69. The second-order valence-electron chi connectivity index (χ2n) is 6.27. The third-order valence-corrected chi connectivity index (χ3v) is 3.42. The first-order valence-corrected chi connectivity index (χ1v) is 7.26. The number of ether oxygens (including phenoxy) is 1. The molecule has 0 radical (unpaired) electrons. The first-order valence-electron chi connectivity index (χ1n) is 7.26. The summed E-state index contributed by atoms with van der Waals surface area (Å²) in [6.45, 7) is 9.73. The summed E-state index contributed by atoms with van der Waals surface area (Å²) in [6, 6.07) is 7.19. The molecule has 0 aromatic heterocycles. The van der Waals surface area contributed by atoms with Crippen molar-refractivity contribution in [2.75, 3.05) is 0 Å². The van der Waals surface area contributed by atoms with E-state index in [9.17, 15) is 9.59 Å². The van der Waals surface area contributed by atoms with Gasteiger partial charge in [-0.1, -0.05) is 52.0 Å². The number of Topliss-reactive ketones (excluding diaryl/α,β-unsaturated/α-hetero) is 1. The molecule has 0 saturated heterocycles. The molecule has 116 valence electrons. The number of aryl methyl sites for hydroxylation is 1. The summed E-state index contributed by atoms with van der Waals surface area (Å²) in [6.07, 6.45) is -0.167. The number of alkyl carbamates (subject to hydrolysis) is 1. The zero-order valence-corrected chi connectivity index (χ0v) is 13.5. The topological polar surface area (TPSA) is 55.4 Å². The fourth-order valence-corrected chi connectivity index (χ4v) is 2.06. The van der Waals surface area contributed by atoms with Gasteiger partial charge in [0.05, 0.1) is 6.04 Å². The molecular formula is C17H25NO3. The Labute approximate surface area is 126 Å². The summed E-state index contributed by atoms with van der Waals surface area (Å²) in [5, 5.41) is 2.69. The maximum Gasteiger partial charge on any atom is 0.408 e. The van der Waals surface area contributed by atoms with Crippen molar-refractivity contribution in [2.24, 2.45) is 5.41 Å². The van der Waals surface area contributed by atoms with Crippen LogP contribution in [0, 0.1) is 12.3 Å². The van der Waals surface area contributed by atoms with Crippen LogP contribution in [0.15, 0.2) is 24.3 Å². The second kappa shape index (κ2) is 7.25. The van der Waals surface area contributed by atoms with Gasteiger partial charge in [-0.25, -0.2) is 4.79 Å². The second-order valence-corrected chi connectivity index (χ2v) is 6.27. The summed E-state index contributed by atoms with van der Waals surface area (Å²) in [7, 11) is 0. The van der Waals surface area contributed by atoms with Crippen molar-refractivity contribution in [3.63, 3.8) is 0 Å². The Kier molecular flexibility index (Phi) is 5.94. The minimum Gasteiger partial charge on any atom is -0.445 e. The van der Waals surface area contributed by atoms with Crippen molar-refractivity contribution in [3.8, 4) is 0 Å². The zero-order chi connectivity index (χ0) is 16.0. The molecule has 0 aliphatic rings. The van der Waals surface area contributed by atoms with Gasteiger partial charge in [0, 0.05) is 6.42 Å². The predicted octanol–water partition coefficient (Wildman–Crippen LogP) is 3.62. The van der Waals surface area contributed by atoms with Gasteiger partial charge in [0.15, 0.2) is 5.78 Å². The number of ketones is 1. The van der Waals surface area contributed by atoms with Gasteiger partial charge in [-0.3, -0.25) is 4.79 Å². The third-order valence-electron chi connectivity index (χ3n) is 3.42. The third kappa shape index (κ3) is 5.21. The quantitative estimate of drug-likeness (QED) is 0.901. The normalized spacial score (nSPS) is 12.6. The first-order chi connectivity index (χ1) is 9.75. The summed E-state index contributed by atoms with van der Waals surface area (Å²) >= 11 is 0. The van der Waals surface area contributed by atoms with Crippen LogP contribution >= 0.6 is 0 Å². The average Bonchev–Trinajstić information content (AvgIpc) is 2.42. The minimum atomic E-state index is -0.556. The van der Waals surface area contributed by atoms with Crippen molar-refractivity contribution in [1.82, 2.24) is 5.32 Å². The Morgan fingerprint density at radius 1 is 1.24 bits per heavy atom. The highest BCUT2D eigenvalue weighted by Crippen LogP contribution is 2.21. The standard InChI is InChI=1S/C17H25NO3/c1-6-14(19)15(17(3,4)5)18-16(20)21-11-13-10-8-7-9-12(13)2/h7-10,15H,6,11H2,1-5H3,(H,18,20). The van der Waals surface area contributed by atoms with Crippen molar-refractivity contribution in [1.29, 1.82) is 0 Å². The largest absolute Gasteiger partial charge is 0.445 e. The van der Waals surface area contributed by atoms with Crippen LogP contribution in [0.4, 0.5) is 4.79 Å². The molecule has 0 fully saturated rings. The first kappa shape index (κ1) is 17.2. The lowest BCUT2D eigenvalue weighted by atomic mass is 9.83. The van der Waals surface area contributed by atoms with Crippen molar-refractivity contribution in [2.45, 2.75) is 53.7 Å². The Morgan fingerprint density at radius 3 is 2.38 bits per heavy atom. The van der Waals surface area contributed by atoms with Crippen LogP contribution in [0.5, 0.6) is 0 Å². The molecule has 4 heteroatoms. The van der Waals surface area contributed by atoms with E-state index in [-0.39, 0.29) is 17.8 Å². The molecule has 0 heterocycles. The molecule has 4 nitrogen and oxygen atoms in total. The maximum absolute atomic E-state index is 12.0. The van der Waals surface area contributed by atoms with E-state index in [0.717, 1.165) is 11.1 Å². The molecular weight excluding hydrogens is 266 g/mol. The monoisotopic (exact) mass is 291 g/mol. The van der Waals surface area contributed by atoms with Crippen LogP contribution in [-0.4, -0.2) is 17.9 Å². The Balaban J connectivity index is 2.63. The summed E-state index contributed by atoms with van der Waals surface area (Å²) < 4.78 is 5.23. The highest BCUT2D eigenvalue weighted by Gasteiger charge is 2.31. The molecule has 1 aromatic rings. The Morgan fingerprint density at radius 2 is 1.86 bits per heavy atom. The highest BCUT2D eigenvalue weighted by molar-refractivity contribution is 5.87. The van der Waals surface area contributed by atoms with Crippen LogP contribution in [0.1, 0.15) is 45.2 Å². The van der Waals surface area contributed by atoms with Crippen LogP contribution in [-0.2, 0) is 16.1 Å². The van der Waals surface area contributed by atoms with Crippen LogP contribution in [0.2, 0.25) is 0 Å². The lowest BCUT2D eigenvalue weighted by Crippen LogP contribution is -2.49. The van der Waals surface area contributed by atoms with E-state index in [1.807, 2.05) is 52.0 Å². The summed E-state index contributed by atoms with van der Waals surface area (Å²) in [4.78, 5) is 23.9. The van der Waals surface area contributed by atoms with E-state index in [4.69, 9.17) is 4.74 Å². The van der Waals surface area contributed by atoms with Gasteiger partial charge < -0.3 is 10.1 Å². The molecule has 0 aliphatic heterocycles. The van der Waals surface area contributed by atoms with E-state index in [0.29, 0.717) is 6.42 Å². The molecule has 0 saturated carbocycles. The fraction of sp³-hybridized carbons (Fsp3) is 0.529. The molecule has 1 N–H and O–H groups in total. The average molecular weight is 291 g/mol. The highest BCUT2D eigenvalue weighted by atomic mass is 16.5. The number of carbonyl (C=O) groups excluding carboxylic acids is 2. The van der Waals surface area contributed by atoms with E-state index in [1.165, 1.54) is 0 Å². The number of rotatable bonds is 5. The van der Waals surface area contributed by atoms with E-state index in [2.05, 4.69) is 5.32 Å². The molecule has 1 atom stereocenters. The number of hydrogen-bond donors (Lipinski definition) is 1. The molecule has 1 rings (SSSR count). The lowest BCUT2D eigenvalue weighted by Gasteiger charge is -2.29. The van der Waals surface area contributed by atoms with Gasteiger partial charge >= 0.3 is 6.09 Å². The predicted molar refractivity (Wildman–Crippen MR) is 83.0 cm³/mol. The SMILES string of the molecule is CCC(=O)C(NC(=O)OCc1ccccc1C)C(C)(C)C. The molecule has 1 unspecified atom stereocenters. The molecule has 0 spiro atoms. The van der Waals surface area contributed by atoms with E-state index < -0.39 is 12.1 Å². The molecule has 1 aromatic carbocycles. The van der Waals surface area contributed by atoms with Gasteiger partial charge in [0.25, 0.3) is 0 Å². The molecule has 21 heavy (non-hydrogen) atoms. The van der Waals surface area contributed by atoms with Crippen molar-refractivity contribution >= 4 is 11.9 Å². The molecule has 0 bridgehead atoms. The number of nitrogens with one attached hydrogen (secondary N) is 1. The molecule has 1 amide bonds. The Hall–Kier alpha value is -1.84. The van der Waals surface area contributed by atoms with Gasteiger partial charge in [-0.2, -0.15) is 0 Å². The van der Waals surface area contributed by atoms with Gasteiger partial charge in [0.1, 0.15) is 6.61 Å². The van der Waals surface area contributed by atoms with Gasteiger partial charge in [-0.05, 0) is 23.5 Å². The number of amides is 1. The summed E-state index contributed by atoms with van der Waals surface area (Å²) in [5.74, 6) is 0.00958. The van der Waals surface area contributed by atoms with Crippen molar-refractivity contribution in [3.05, 3.63) is 35.4 Å². The Bertz CT molecular complexity index is 503. The van der Waals surface area contributed by atoms with E-state index >= 15 is 0 Å². The minimum absolute atomic E-state index is 0.00958. The van der Waals surface area contributed by atoms with Crippen LogP contribution in [0.25, 0.3) is 0 Å². The van der Waals surface area contributed by atoms with Crippen molar-refractivity contribution < 1.29 is 14.3 Å². The van der Waals surface area contributed by atoms with Gasteiger partial charge in [0.2, 0.25) is 0 Å². The number of benzene rings is 1. The number of carbonyl (C=O) groups is 2. The fourth-order valence-electron chi connectivity index (χ4n) is 2.06. The van der Waals surface area contributed by atoms with Crippen LogP contribution < -0.4 is 5.32 Å².